The highest BCUT2D eigenvalue weighted by Gasteiger charge is 2.39. The highest BCUT2D eigenvalue weighted by Crippen LogP contribution is 2.41. The van der Waals surface area contributed by atoms with Crippen LogP contribution in [0.2, 0.25) is 0 Å². The maximum absolute atomic E-state index is 11.8. The van der Waals surface area contributed by atoms with Crippen LogP contribution in [0, 0.1) is 0 Å². The Balaban J connectivity index is 1.40. The summed E-state index contributed by atoms with van der Waals surface area (Å²) in [4.78, 5) is 4.10. The maximum atomic E-state index is 11.8. The minimum absolute atomic E-state index is 0.266. The van der Waals surface area contributed by atoms with E-state index in [1.54, 1.807) is 0 Å². The molecule has 5 rings (SSSR count). The molecule has 6 heteroatoms. The average Bonchev–Trinajstić information content (AvgIpc) is 3.62. The molecule has 0 amide bonds. The van der Waals surface area contributed by atoms with E-state index in [0.717, 1.165) is 48.1 Å². The van der Waals surface area contributed by atoms with Crippen molar-refractivity contribution in [2.75, 3.05) is 13.2 Å². The number of ether oxygens (including phenoxy) is 1. The van der Waals surface area contributed by atoms with Crippen molar-refractivity contribution < 1.29 is 14.3 Å². The predicted molar refractivity (Wildman–Crippen MR) is 129 cm³/mol. The SMILES string of the molecule is OC(c1ccc(CN(Cc2ccccc2)CC2CCCO2)o1)(c1cccs1)c1cccs1. The molecule has 0 radical (unpaired) electrons. The first kappa shape index (κ1) is 21.6. The molecule has 1 aliphatic rings. The molecule has 1 atom stereocenters. The van der Waals surface area contributed by atoms with Crippen molar-refractivity contribution in [1.82, 2.24) is 4.90 Å². The molecule has 32 heavy (non-hydrogen) atoms. The summed E-state index contributed by atoms with van der Waals surface area (Å²) >= 11 is 3.08. The van der Waals surface area contributed by atoms with Crippen molar-refractivity contribution in [3.8, 4) is 0 Å². The van der Waals surface area contributed by atoms with E-state index in [0.29, 0.717) is 12.3 Å². The summed E-state index contributed by atoms with van der Waals surface area (Å²) in [7, 11) is 0. The molecule has 0 aliphatic carbocycles. The molecule has 166 valence electrons. The normalized spacial score (nSPS) is 16.8. The quantitative estimate of drug-likeness (QED) is 0.336. The summed E-state index contributed by atoms with van der Waals surface area (Å²) in [6.07, 6.45) is 2.50. The van der Waals surface area contributed by atoms with Crippen LogP contribution >= 0.6 is 22.7 Å². The Morgan fingerprint density at radius 3 is 2.28 bits per heavy atom. The second-order valence-electron chi connectivity index (χ2n) is 8.22. The minimum Gasteiger partial charge on any atom is -0.461 e. The molecule has 1 aromatic carbocycles. The number of thiophene rings is 2. The van der Waals surface area contributed by atoms with Crippen molar-refractivity contribution >= 4 is 22.7 Å². The smallest absolute Gasteiger partial charge is 0.191 e. The second kappa shape index (κ2) is 9.73. The van der Waals surface area contributed by atoms with Crippen molar-refractivity contribution in [3.05, 3.63) is 104 Å². The summed E-state index contributed by atoms with van der Waals surface area (Å²) in [6, 6.07) is 22.3. The molecule has 1 aliphatic heterocycles. The van der Waals surface area contributed by atoms with Crippen LogP contribution < -0.4 is 0 Å². The van der Waals surface area contributed by atoms with Crippen molar-refractivity contribution in [2.45, 2.75) is 37.6 Å². The van der Waals surface area contributed by atoms with Gasteiger partial charge in [-0.1, -0.05) is 42.5 Å². The first-order valence-corrected chi connectivity index (χ1v) is 12.7. The third-order valence-corrected chi connectivity index (χ3v) is 7.85. The van der Waals surface area contributed by atoms with Gasteiger partial charge in [0.15, 0.2) is 5.60 Å². The number of hydrogen-bond acceptors (Lipinski definition) is 6. The molecular formula is C26H27NO3S2. The minimum atomic E-state index is -1.26. The van der Waals surface area contributed by atoms with Gasteiger partial charge in [-0.25, -0.2) is 0 Å². The molecular weight excluding hydrogens is 438 g/mol. The molecule has 0 spiro atoms. The summed E-state index contributed by atoms with van der Waals surface area (Å²) in [5.74, 6) is 1.41. The number of nitrogens with zero attached hydrogens (tertiary/aromatic N) is 1. The van der Waals surface area contributed by atoms with E-state index < -0.39 is 5.60 Å². The molecule has 1 unspecified atom stereocenters. The molecule has 1 fully saturated rings. The van der Waals surface area contributed by atoms with Gasteiger partial charge in [0.05, 0.1) is 12.6 Å². The molecule has 3 aromatic heterocycles. The summed E-state index contributed by atoms with van der Waals surface area (Å²) in [6.45, 7) is 3.21. The van der Waals surface area contributed by atoms with E-state index in [4.69, 9.17) is 9.15 Å². The van der Waals surface area contributed by atoms with E-state index in [2.05, 4.69) is 29.2 Å². The zero-order chi connectivity index (χ0) is 21.8. The lowest BCUT2D eigenvalue weighted by Gasteiger charge is -2.25. The Kier molecular flexibility index (Phi) is 6.57. The first-order valence-electron chi connectivity index (χ1n) is 11.0. The summed E-state index contributed by atoms with van der Waals surface area (Å²) in [5.41, 5.74) is 0.00492. The molecule has 0 bridgehead atoms. The Hall–Kier alpha value is -2.22. The Bertz CT molecular complexity index is 1050. The lowest BCUT2D eigenvalue weighted by atomic mass is 9.97. The van der Waals surface area contributed by atoms with Crippen LogP contribution in [0.1, 0.15) is 39.7 Å². The van der Waals surface area contributed by atoms with Gasteiger partial charge in [0.25, 0.3) is 0 Å². The van der Waals surface area contributed by atoms with Gasteiger partial charge < -0.3 is 14.3 Å². The van der Waals surface area contributed by atoms with Crippen LogP contribution in [0.5, 0.6) is 0 Å². The third kappa shape index (κ3) is 4.60. The first-order chi connectivity index (χ1) is 15.7. The number of rotatable bonds is 9. The highest BCUT2D eigenvalue weighted by molar-refractivity contribution is 7.11. The van der Waals surface area contributed by atoms with Crippen molar-refractivity contribution in [1.29, 1.82) is 0 Å². The molecule has 4 aromatic rings. The number of aliphatic hydroxyl groups is 1. The average molecular weight is 466 g/mol. The van der Waals surface area contributed by atoms with Crippen LogP contribution in [0.15, 0.2) is 81.9 Å². The van der Waals surface area contributed by atoms with Crippen molar-refractivity contribution in [3.63, 3.8) is 0 Å². The standard InChI is InChI=1S/C26H27NO3S2/c28-26(24-10-5-15-31-24,25-11-6-16-32-25)23-13-12-22(30-23)19-27(18-21-9-4-14-29-21)17-20-7-2-1-3-8-20/h1-3,5-8,10-13,15-16,21,28H,4,9,14,17-19H2. The fourth-order valence-corrected chi connectivity index (χ4v) is 6.06. The molecule has 1 N–H and O–H groups in total. The summed E-state index contributed by atoms with van der Waals surface area (Å²) < 4.78 is 12.2. The lowest BCUT2D eigenvalue weighted by molar-refractivity contribution is 0.0634. The number of benzene rings is 1. The monoisotopic (exact) mass is 465 g/mol. The predicted octanol–water partition coefficient (Wildman–Crippen LogP) is 5.87. The van der Waals surface area contributed by atoms with E-state index in [-0.39, 0.29) is 6.10 Å². The van der Waals surface area contributed by atoms with Gasteiger partial charge in [-0.15, -0.1) is 22.7 Å². The van der Waals surface area contributed by atoms with Gasteiger partial charge in [-0.2, -0.15) is 0 Å². The zero-order valence-corrected chi connectivity index (χ0v) is 19.5. The van der Waals surface area contributed by atoms with Crippen LogP contribution in [-0.2, 0) is 23.4 Å². The molecule has 0 saturated carbocycles. The van der Waals surface area contributed by atoms with Crippen LogP contribution in [0.4, 0.5) is 0 Å². The van der Waals surface area contributed by atoms with Crippen LogP contribution in [0.25, 0.3) is 0 Å². The lowest BCUT2D eigenvalue weighted by Crippen LogP contribution is -2.31. The van der Waals surface area contributed by atoms with E-state index in [1.165, 1.54) is 28.2 Å². The van der Waals surface area contributed by atoms with Gasteiger partial charge in [-0.05, 0) is 53.4 Å². The second-order valence-corrected chi connectivity index (χ2v) is 10.1. The van der Waals surface area contributed by atoms with Crippen molar-refractivity contribution in [2.24, 2.45) is 0 Å². The fourth-order valence-electron chi connectivity index (χ4n) is 4.31. The van der Waals surface area contributed by atoms with Gasteiger partial charge in [0.1, 0.15) is 11.5 Å². The number of hydrogen-bond donors (Lipinski definition) is 1. The summed E-state index contributed by atoms with van der Waals surface area (Å²) in [5, 5.41) is 15.8. The van der Waals surface area contributed by atoms with Gasteiger partial charge in [0.2, 0.25) is 0 Å². The van der Waals surface area contributed by atoms with Crippen LogP contribution in [-0.4, -0.2) is 29.3 Å². The molecule has 4 heterocycles. The number of furan rings is 1. The van der Waals surface area contributed by atoms with E-state index in [1.807, 2.05) is 53.2 Å². The van der Waals surface area contributed by atoms with E-state index in [9.17, 15) is 5.11 Å². The van der Waals surface area contributed by atoms with Gasteiger partial charge >= 0.3 is 0 Å². The fraction of sp³-hybridized carbons (Fsp3) is 0.308. The Morgan fingerprint density at radius 2 is 1.66 bits per heavy atom. The largest absolute Gasteiger partial charge is 0.461 e. The van der Waals surface area contributed by atoms with Gasteiger partial charge in [-0.3, -0.25) is 4.90 Å². The van der Waals surface area contributed by atoms with E-state index >= 15 is 0 Å². The highest BCUT2D eigenvalue weighted by atomic mass is 32.1. The zero-order valence-electron chi connectivity index (χ0n) is 17.9. The Labute approximate surface area is 196 Å². The molecule has 1 saturated heterocycles. The third-order valence-electron chi connectivity index (χ3n) is 5.89. The topological polar surface area (TPSA) is 45.8 Å². The van der Waals surface area contributed by atoms with Gasteiger partial charge in [0, 0.05) is 29.5 Å². The maximum Gasteiger partial charge on any atom is 0.191 e. The Morgan fingerprint density at radius 1 is 0.906 bits per heavy atom. The molecule has 4 nitrogen and oxygen atoms in total. The van der Waals surface area contributed by atoms with Crippen LogP contribution in [0.3, 0.4) is 0 Å².